The zero-order valence-electron chi connectivity index (χ0n) is 20.4. The van der Waals surface area contributed by atoms with Crippen LogP contribution in [0.4, 0.5) is 11.5 Å². The second kappa shape index (κ2) is 10.8. The van der Waals surface area contributed by atoms with Crippen LogP contribution in [-0.2, 0) is 6.42 Å². The summed E-state index contributed by atoms with van der Waals surface area (Å²) in [5.74, 6) is 1.54. The lowest BCUT2D eigenvalue weighted by Gasteiger charge is -2.13. The summed E-state index contributed by atoms with van der Waals surface area (Å²) in [5, 5.41) is 6.71. The summed E-state index contributed by atoms with van der Waals surface area (Å²) in [7, 11) is 1.94. The maximum Gasteiger partial charge on any atom is 0.165 e. The fraction of sp³-hybridized carbons (Fsp3) is 0.241. The molecule has 0 radical (unpaired) electrons. The Morgan fingerprint density at radius 2 is 1.62 bits per heavy atom. The Morgan fingerprint density at radius 3 is 2.24 bits per heavy atom. The fourth-order valence-electron chi connectivity index (χ4n) is 3.89. The van der Waals surface area contributed by atoms with Crippen molar-refractivity contribution in [3.05, 3.63) is 89.5 Å². The van der Waals surface area contributed by atoms with Crippen molar-refractivity contribution in [1.29, 1.82) is 0 Å². The van der Waals surface area contributed by atoms with Crippen molar-refractivity contribution >= 4 is 17.6 Å². The lowest BCUT2D eigenvalue weighted by Crippen LogP contribution is -2.09. The van der Waals surface area contributed by atoms with Crippen molar-refractivity contribution in [2.75, 3.05) is 24.2 Å². The van der Waals surface area contributed by atoms with Crippen LogP contribution in [-0.4, -0.2) is 23.6 Å². The molecule has 174 valence electrons. The van der Waals surface area contributed by atoms with E-state index in [-0.39, 0.29) is 0 Å². The summed E-state index contributed by atoms with van der Waals surface area (Å²) >= 11 is 0. The molecule has 4 aromatic rings. The molecule has 5 nitrogen and oxygen atoms in total. The van der Waals surface area contributed by atoms with Crippen LogP contribution in [0.1, 0.15) is 37.1 Å². The highest BCUT2D eigenvalue weighted by molar-refractivity contribution is 5.69. The van der Waals surface area contributed by atoms with Gasteiger partial charge in [0, 0.05) is 24.8 Å². The van der Waals surface area contributed by atoms with Crippen molar-refractivity contribution in [1.82, 2.24) is 9.97 Å². The predicted octanol–water partition coefficient (Wildman–Crippen LogP) is 7.22. The third kappa shape index (κ3) is 5.73. The van der Waals surface area contributed by atoms with Crippen molar-refractivity contribution in [2.24, 2.45) is 0 Å². The molecule has 0 atom stereocenters. The Morgan fingerprint density at radius 1 is 0.912 bits per heavy atom. The molecule has 2 aromatic carbocycles. The minimum atomic E-state index is 0.679. The summed E-state index contributed by atoms with van der Waals surface area (Å²) in [5.41, 5.74) is 9.01. The number of allylic oxidation sites excluding steroid dienone is 1. The van der Waals surface area contributed by atoms with Gasteiger partial charge < -0.3 is 15.1 Å². The van der Waals surface area contributed by atoms with Gasteiger partial charge in [-0.05, 0) is 68.5 Å². The van der Waals surface area contributed by atoms with E-state index in [1.807, 2.05) is 20.0 Å². The van der Waals surface area contributed by atoms with Crippen molar-refractivity contribution < 1.29 is 4.42 Å². The summed E-state index contributed by atoms with van der Waals surface area (Å²) in [6.45, 7) is 7.04. The SMILES string of the molecule is CNc1ccc(-c2ccc(CCCNc3nc(-c4ccoc4)nc(C)c3C=C(C)C)cc2)cc1. The number of aromatic nitrogens is 2. The first-order valence-corrected chi connectivity index (χ1v) is 11.7. The average Bonchev–Trinajstić information content (AvgIpc) is 3.39. The molecule has 0 spiro atoms. The molecule has 4 rings (SSSR count). The van der Waals surface area contributed by atoms with Crippen LogP contribution in [0.2, 0.25) is 0 Å². The molecule has 0 saturated carbocycles. The van der Waals surface area contributed by atoms with Crippen LogP contribution < -0.4 is 10.6 Å². The van der Waals surface area contributed by atoms with Gasteiger partial charge in [-0.2, -0.15) is 0 Å². The standard InChI is InChI=1S/C29H32N4O/c1-20(2)18-27-21(3)32-28(25-15-17-34-19-25)33-29(27)31-16-5-6-22-7-9-23(10-8-22)24-11-13-26(30-4)14-12-24/h7-15,17-19,30H,5-6,16H2,1-4H3,(H,31,32,33). The van der Waals surface area contributed by atoms with Crippen LogP contribution in [0, 0.1) is 6.92 Å². The van der Waals surface area contributed by atoms with Gasteiger partial charge in [0.2, 0.25) is 0 Å². The average molecular weight is 453 g/mol. The molecular formula is C29H32N4O. The van der Waals surface area contributed by atoms with Gasteiger partial charge in [-0.1, -0.05) is 48.0 Å². The molecule has 0 amide bonds. The first-order chi connectivity index (χ1) is 16.5. The third-order valence-corrected chi connectivity index (χ3v) is 5.74. The van der Waals surface area contributed by atoms with Crippen LogP contribution in [0.5, 0.6) is 0 Å². The number of benzene rings is 2. The first-order valence-electron chi connectivity index (χ1n) is 11.7. The normalized spacial score (nSPS) is 10.7. The van der Waals surface area contributed by atoms with Gasteiger partial charge in [-0.15, -0.1) is 0 Å². The zero-order valence-corrected chi connectivity index (χ0v) is 20.4. The highest BCUT2D eigenvalue weighted by Crippen LogP contribution is 2.25. The number of rotatable bonds is 9. The molecule has 0 aliphatic rings. The number of hydrogen-bond acceptors (Lipinski definition) is 5. The molecule has 34 heavy (non-hydrogen) atoms. The summed E-state index contributed by atoms with van der Waals surface area (Å²) in [4.78, 5) is 9.49. The van der Waals surface area contributed by atoms with Gasteiger partial charge in [0.1, 0.15) is 12.1 Å². The minimum Gasteiger partial charge on any atom is -0.472 e. The van der Waals surface area contributed by atoms with E-state index in [2.05, 4.69) is 84.1 Å². The first kappa shape index (κ1) is 23.3. The molecule has 5 heteroatoms. The minimum absolute atomic E-state index is 0.679. The largest absolute Gasteiger partial charge is 0.472 e. The fourth-order valence-corrected chi connectivity index (χ4v) is 3.89. The van der Waals surface area contributed by atoms with Gasteiger partial charge in [0.25, 0.3) is 0 Å². The van der Waals surface area contributed by atoms with Crippen LogP contribution >= 0.6 is 0 Å². The van der Waals surface area contributed by atoms with Gasteiger partial charge in [-0.25, -0.2) is 9.97 Å². The van der Waals surface area contributed by atoms with E-state index in [9.17, 15) is 0 Å². The van der Waals surface area contributed by atoms with Crippen LogP contribution in [0.25, 0.3) is 28.6 Å². The zero-order chi connectivity index (χ0) is 23.9. The van der Waals surface area contributed by atoms with Gasteiger partial charge >= 0.3 is 0 Å². The van der Waals surface area contributed by atoms with E-state index < -0.39 is 0 Å². The molecule has 2 heterocycles. The van der Waals surface area contributed by atoms with Crippen molar-refractivity contribution in [3.8, 4) is 22.5 Å². The maximum atomic E-state index is 5.22. The molecular weight excluding hydrogens is 420 g/mol. The summed E-state index contributed by atoms with van der Waals surface area (Å²) in [6, 6.07) is 19.2. The Bertz CT molecular complexity index is 1240. The van der Waals surface area contributed by atoms with E-state index >= 15 is 0 Å². The second-order valence-electron chi connectivity index (χ2n) is 8.68. The Hall–Kier alpha value is -3.86. The Kier molecular flexibility index (Phi) is 7.43. The number of furan rings is 1. The van der Waals surface area contributed by atoms with E-state index in [0.717, 1.165) is 47.7 Å². The van der Waals surface area contributed by atoms with E-state index in [4.69, 9.17) is 9.40 Å². The quantitative estimate of drug-likeness (QED) is 0.262. The molecule has 0 saturated heterocycles. The molecule has 2 aromatic heterocycles. The molecule has 0 fully saturated rings. The molecule has 0 aliphatic heterocycles. The lowest BCUT2D eigenvalue weighted by atomic mass is 10.0. The topological polar surface area (TPSA) is 63.0 Å². The molecule has 0 aliphatic carbocycles. The Labute approximate surface area is 202 Å². The van der Waals surface area contributed by atoms with Crippen LogP contribution in [0.3, 0.4) is 0 Å². The van der Waals surface area contributed by atoms with Gasteiger partial charge in [0.05, 0.1) is 17.5 Å². The highest BCUT2D eigenvalue weighted by Gasteiger charge is 2.12. The maximum absolute atomic E-state index is 5.22. The molecule has 0 unspecified atom stereocenters. The monoisotopic (exact) mass is 452 g/mol. The smallest absolute Gasteiger partial charge is 0.165 e. The van der Waals surface area contributed by atoms with Crippen molar-refractivity contribution in [2.45, 2.75) is 33.6 Å². The Balaban J connectivity index is 1.40. The highest BCUT2D eigenvalue weighted by atomic mass is 16.3. The molecule has 2 N–H and O–H groups in total. The number of anilines is 2. The number of aryl methyl sites for hydroxylation is 2. The predicted molar refractivity (Wildman–Crippen MR) is 142 cm³/mol. The number of nitrogens with zero attached hydrogens (tertiary/aromatic N) is 2. The van der Waals surface area contributed by atoms with Gasteiger partial charge in [0.15, 0.2) is 5.82 Å². The third-order valence-electron chi connectivity index (χ3n) is 5.74. The molecule has 0 bridgehead atoms. The number of hydrogen-bond donors (Lipinski definition) is 2. The van der Waals surface area contributed by atoms with Crippen LogP contribution in [0.15, 0.2) is 77.1 Å². The van der Waals surface area contributed by atoms with Gasteiger partial charge in [-0.3, -0.25) is 0 Å². The van der Waals surface area contributed by atoms with E-state index in [1.54, 1.807) is 12.5 Å². The van der Waals surface area contributed by atoms with Crippen molar-refractivity contribution in [3.63, 3.8) is 0 Å². The van der Waals surface area contributed by atoms with E-state index in [0.29, 0.717) is 5.82 Å². The lowest BCUT2D eigenvalue weighted by molar-refractivity contribution is 0.568. The summed E-state index contributed by atoms with van der Waals surface area (Å²) in [6.07, 6.45) is 7.47. The summed E-state index contributed by atoms with van der Waals surface area (Å²) < 4.78 is 5.22. The van der Waals surface area contributed by atoms with E-state index in [1.165, 1.54) is 22.3 Å². The number of nitrogens with one attached hydrogen (secondary N) is 2. The second-order valence-corrected chi connectivity index (χ2v) is 8.68.